The molecule has 0 saturated carbocycles. The first-order valence-corrected chi connectivity index (χ1v) is 3.32. The van der Waals surface area contributed by atoms with Crippen molar-refractivity contribution in [2.45, 2.75) is 0 Å². The third-order valence-electron chi connectivity index (χ3n) is 1.61. The van der Waals surface area contributed by atoms with Crippen LogP contribution in [0.4, 0.5) is 0 Å². The highest BCUT2D eigenvalue weighted by Crippen LogP contribution is 1.97. The Bertz CT molecular complexity index is 532. The topological polar surface area (TPSA) is 83.5 Å². The van der Waals surface area contributed by atoms with Gasteiger partial charge in [0.2, 0.25) is 0 Å². The molecule has 0 amide bonds. The van der Waals surface area contributed by atoms with Crippen LogP contribution in [0.25, 0.3) is 11.2 Å². The van der Waals surface area contributed by atoms with E-state index in [1.165, 1.54) is 6.33 Å². The SMILES string of the molecule is [13CH3]n1cnc2[nH]c(=O)[nH]c(=O)c21. The van der Waals surface area contributed by atoms with E-state index in [-0.39, 0.29) is 0 Å². The average Bonchev–Trinajstić information content (AvgIpc) is 2.31. The summed E-state index contributed by atoms with van der Waals surface area (Å²) in [5, 5.41) is 0. The molecular weight excluding hydrogens is 161 g/mol. The molecule has 0 aliphatic rings. The van der Waals surface area contributed by atoms with E-state index in [9.17, 15) is 9.59 Å². The van der Waals surface area contributed by atoms with E-state index < -0.39 is 11.2 Å². The van der Waals surface area contributed by atoms with E-state index in [1.54, 1.807) is 11.6 Å². The van der Waals surface area contributed by atoms with E-state index in [2.05, 4.69) is 15.0 Å². The van der Waals surface area contributed by atoms with Crippen LogP contribution < -0.4 is 11.2 Å². The van der Waals surface area contributed by atoms with E-state index in [4.69, 9.17) is 0 Å². The van der Waals surface area contributed by atoms with Gasteiger partial charge in [-0.2, -0.15) is 0 Å². The van der Waals surface area contributed by atoms with Gasteiger partial charge in [0, 0.05) is 7.05 Å². The van der Waals surface area contributed by atoms with Crippen molar-refractivity contribution < 1.29 is 0 Å². The first kappa shape index (κ1) is 6.84. The van der Waals surface area contributed by atoms with Gasteiger partial charge in [0.15, 0.2) is 11.2 Å². The summed E-state index contributed by atoms with van der Waals surface area (Å²) >= 11 is 0. The number of nitrogens with zero attached hydrogens (tertiary/aromatic N) is 2. The summed E-state index contributed by atoms with van der Waals surface area (Å²) in [6.07, 6.45) is 1.47. The molecule has 0 aliphatic heterocycles. The third-order valence-corrected chi connectivity index (χ3v) is 1.61. The number of aromatic nitrogens is 4. The second kappa shape index (κ2) is 2.07. The largest absolute Gasteiger partial charge is 0.328 e. The molecule has 0 bridgehead atoms. The summed E-state index contributed by atoms with van der Waals surface area (Å²) in [7, 11) is 1.68. The molecule has 0 spiro atoms. The molecule has 2 heterocycles. The fourth-order valence-corrected chi connectivity index (χ4v) is 1.09. The molecule has 0 fully saturated rings. The predicted octanol–water partition coefficient (Wildman–Crippen LogP) is -1.05. The molecule has 6 heteroatoms. The molecule has 12 heavy (non-hydrogen) atoms. The second-order valence-corrected chi connectivity index (χ2v) is 2.46. The minimum Gasteiger partial charge on any atom is -0.328 e. The number of hydrogen-bond acceptors (Lipinski definition) is 3. The fraction of sp³-hybridized carbons (Fsp3) is 0.167. The van der Waals surface area contributed by atoms with Crippen molar-refractivity contribution in [3.63, 3.8) is 0 Å². The van der Waals surface area contributed by atoms with Gasteiger partial charge in [0.05, 0.1) is 6.33 Å². The van der Waals surface area contributed by atoms with E-state index in [0.717, 1.165) is 0 Å². The average molecular weight is 167 g/mol. The van der Waals surface area contributed by atoms with Crippen LogP contribution in [0.3, 0.4) is 0 Å². The van der Waals surface area contributed by atoms with Crippen molar-refractivity contribution in [2.24, 2.45) is 7.05 Å². The normalized spacial score (nSPS) is 10.8. The highest BCUT2D eigenvalue weighted by Gasteiger charge is 2.04. The number of rotatable bonds is 0. The zero-order chi connectivity index (χ0) is 8.72. The molecule has 0 radical (unpaired) electrons. The first-order chi connectivity index (χ1) is 5.68. The minimum atomic E-state index is -0.536. The van der Waals surface area contributed by atoms with Gasteiger partial charge < -0.3 is 4.57 Å². The molecule has 0 saturated heterocycles. The molecule has 2 aromatic rings. The highest BCUT2D eigenvalue weighted by molar-refractivity contribution is 5.68. The summed E-state index contributed by atoms with van der Waals surface area (Å²) in [6, 6.07) is 0. The van der Waals surface area contributed by atoms with Crippen LogP contribution >= 0.6 is 0 Å². The van der Waals surface area contributed by atoms with Crippen LogP contribution in [0.2, 0.25) is 0 Å². The van der Waals surface area contributed by atoms with Crippen LogP contribution in [0.5, 0.6) is 0 Å². The molecule has 2 aromatic heterocycles. The summed E-state index contributed by atoms with van der Waals surface area (Å²) in [5.74, 6) is 0. The zero-order valence-electron chi connectivity index (χ0n) is 6.29. The fourth-order valence-electron chi connectivity index (χ4n) is 1.09. The minimum absolute atomic E-state index is 0.311. The Labute approximate surface area is 65.9 Å². The zero-order valence-corrected chi connectivity index (χ0v) is 6.29. The number of hydrogen-bond donors (Lipinski definition) is 2. The predicted molar refractivity (Wildman–Crippen MR) is 42.0 cm³/mol. The van der Waals surface area contributed by atoms with Crippen molar-refractivity contribution in [3.05, 3.63) is 27.2 Å². The number of fused-ring (bicyclic) bond motifs is 1. The van der Waals surface area contributed by atoms with Gasteiger partial charge in [0.1, 0.15) is 0 Å². The molecule has 62 valence electrons. The Kier molecular flexibility index (Phi) is 1.18. The Balaban J connectivity index is 3.13. The molecule has 2 N–H and O–H groups in total. The Morgan fingerprint density at radius 3 is 2.92 bits per heavy atom. The monoisotopic (exact) mass is 167 g/mol. The maximum absolute atomic E-state index is 11.1. The van der Waals surface area contributed by atoms with Gasteiger partial charge in [-0.1, -0.05) is 0 Å². The number of H-pyrrole nitrogens is 2. The molecule has 0 unspecified atom stereocenters. The molecule has 0 aromatic carbocycles. The Morgan fingerprint density at radius 2 is 2.17 bits per heavy atom. The smallest absolute Gasteiger partial charge is 0.327 e. The number of imidazole rings is 1. The van der Waals surface area contributed by atoms with Crippen LogP contribution in [-0.2, 0) is 7.05 Å². The lowest BCUT2D eigenvalue weighted by atomic mass is 10.5. The quantitative estimate of drug-likeness (QED) is 0.491. The molecule has 2 rings (SSSR count). The van der Waals surface area contributed by atoms with Gasteiger partial charge in [-0.05, 0) is 0 Å². The van der Waals surface area contributed by atoms with Crippen LogP contribution in [-0.4, -0.2) is 19.5 Å². The van der Waals surface area contributed by atoms with Crippen LogP contribution in [0.15, 0.2) is 15.9 Å². The van der Waals surface area contributed by atoms with Crippen LogP contribution in [0.1, 0.15) is 0 Å². The lowest BCUT2D eigenvalue weighted by molar-refractivity contribution is 0.935. The van der Waals surface area contributed by atoms with Gasteiger partial charge in [0.25, 0.3) is 5.56 Å². The molecule has 0 atom stereocenters. The summed E-state index contributed by atoms with van der Waals surface area (Å²) < 4.78 is 1.55. The maximum atomic E-state index is 11.1. The maximum Gasteiger partial charge on any atom is 0.327 e. The highest BCUT2D eigenvalue weighted by atomic mass is 16.2. The van der Waals surface area contributed by atoms with Crippen molar-refractivity contribution in [1.82, 2.24) is 19.5 Å². The van der Waals surface area contributed by atoms with E-state index in [0.29, 0.717) is 11.2 Å². The molecule has 6 nitrogen and oxygen atoms in total. The third kappa shape index (κ3) is 0.777. The molecular formula is C6H6N4O2. The van der Waals surface area contributed by atoms with Crippen molar-refractivity contribution in [2.75, 3.05) is 0 Å². The number of nitrogens with one attached hydrogen (secondary N) is 2. The van der Waals surface area contributed by atoms with Crippen molar-refractivity contribution in [1.29, 1.82) is 0 Å². The molecule has 0 aliphatic carbocycles. The number of aryl methyl sites for hydroxylation is 1. The second-order valence-electron chi connectivity index (χ2n) is 2.46. The Morgan fingerprint density at radius 1 is 1.42 bits per heavy atom. The number of aromatic amines is 2. The standard InChI is InChI=1S/C6H6N4O2/c1-10-2-7-4-3(10)5(11)9-6(12)8-4/h2H,1H3,(H2,8,9,11,12)/i1+1. The van der Waals surface area contributed by atoms with Crippen molar-refractivity contribution >= 4 is 11.2 Å². The van der Waals surface area contributed by atoms with E-state index in [1.807, 2.05) is 0 Å². The Hall–Kier alpha value is -1.85. The van der Waals surface area contributed by atoms with Gasteiger partial charge in [-0.25, -0.2) is 9.78 Å². The van der Waals surface area contributed by atoms with Crippen molar-refractivity contribution in [3.8, 4) is 0 Å². The van der Waals surface area contributed by atoms with Gasteiger partial charge in [-0.15, -0.1) is 0 Å². The van der Waals surface area contributed by atoms with Gasteiger partial charge >= 0.3 is 5.69 Å². The summed E-state index contributed by atoms with van der Waals surface area (Å²) in [4.78, 5) is 30.2. The summed E-state index contributed by atoms with van der Waals surface area (Å²) in [6.45, 7) is 0. The van der Waals surface area contributed by atoms with E-state index >= 15 is 0 Å². The lowest BCUT2D eigenvalue weighted by Gasteiger charge is -1.89. The van der Waals surface area contributed by atoms with Crippen LogP contribution in [0, 0.1) is 0 Å². The lowest BCUT2D eigenvalue weighted by Crippen LogP contribution is -2.22. The van der Waals surface area contributed by atoms with Gasteiger partial charge in [-0.3, -0.25) is 14.8 Å². The summed E-state index contributed by atoms with van der Waals surface area (Å²) in [5.41, 5.74) is -0.277. The first-order valence-electron chi connectivity index (χ1n) is 3.32.